The lowest BCUT2D eigenvalue weighted by atomic mass is 9.92. The maximum absolute atomic E-state index is 11.9. The topological polar surface area (TPSA) is 80.0 Å². The van der Waals surface area contributed by atoms with Crippen molar-refractivity contribution < 1.29 is 9.53 Å². The average molecular weight is 389 g/mol. The summed E-state index contributed by atoms with van der Waals surface area (Å²) in [6.45, 7) is 6.17. The minimum atomic E-state index is -0.390. The fourth-order valence-corrected chi connectivity index (χ4v) is 3.38. The number of allylic oxidation sites excluding steroid dienone is 4. The summed E-state index contributed by atoms with van der Waals surface area (Å²) in [5.74, 6) is 0.382. The summed E-state index contributed by atoms with van der Waals surface area (Å²) in [6.07, 6.45) is 4.79. The molecule has 0 fully saturated rings. The molecule has 2 aliphatic rings. The molecule has 1 aliphatic heterocycles. The van der Waals surface area contributed by atoms with E-state index in [1.165, 1.54) is 7.11 Å². The van der Waals surface area contributed by atoms with Crippen molar-refractivity contribution in [1.82, 2.24) is 9.97 Å². The number of carbonyl (C=O) groups excluding carboxylic acids is 1. The van der Waals surface area contributed by atoms with Crippen LogP contribution in [-0.2, 0) is 4.74 Å². The summed E-state index contributed by atoms with van der Waals surface area (Å²) in [5.41, 5.74) is 6.69. The molecule has 1 aromatic carbocycles. The van der Waals surface area contributed by atoms with Gasteiger partial charge in [-0.2, -0.15) is 10.2 Å². The average Bonchev–Trinajstić information content (AvgIpc) is 3.11. The third-order valence-corrected chi connectivity index (χ3v) is 5.31. The Morgan fingerprint density at radius 1 is 1.14 bits per heavy atom. The van der Waals surface area contributed by atoms with Crippen molar-refractivity contribution in [2.45, 2.75) is 33.2 Å². The Hall–Kier alpha value is -3.35. The van der Waals surface area contributed by atoms with Gasteiger partial charge in [0.25, 0.3) is 0 Å². The molecular formula is C22H23N5O2. The molecule has 1 aromatic heterocycles. The van der Waals surface area contributed by atoms with Gasteiger partial charge in [0.2, 0.25) is 0 Å². The Balaban J connectivity index is 1.86. The first-order valence-electron chi connectivity index (χ1n) is 9.55. The molecule has 0 saturated carbocycles. The molecule has 4 rings (SSSR count). The minimum Gasteiger partial charge on any atom is -0.465 e. The number of fused-ring (bicyclic) bond motifs is 2. The largest absolute Gasteiger partial charge is 0.465 e. The van der Waals surface area contributed by atoms with Gasteiger partial charge in [-0.25, -0.2) is 14.8 Å². The first kappa shape index (κ1) is 19.0. The Morgan fingerprint density at radius 2 is 1.93 bits per heavy atom. The van der Waals surface area contributed by atoms with Crippen LogP contribution in [0.25, 0.3) is 16.6 Å². The second kappa shape index (κ2) is 7.24. The lowest BCUT2D eigenvalue weighted by Gasteiger charge is -2.26. The van der Waals surface area contributed by atoms with Gasteiger partial charge in [0, 0.05) is 25.1 Å². The lowest BCUT2D eigenvalue weighted by Crippen LogP contribution is -2.28. The van der Waals surface area contributed by atoms with Crippen LogP contribution in [0.1, 0.15) is 43.2 Å². The predicted octanol–water partition coefficient (Wildman–Crippen LogP) is 3.81. The van der Waals surface area contributed by atoms with Gasteiger partial charge >= 0.3 is 5.97 Å². The van der Waals surface area contributed by atoms with Crippen LogP contribution in [0.2, 0.25) is 0 Å². The van der Waals surface area contributed by atoms with Crippen LogP contribution < -0.4 is 4.90 Å². The zero-order valence-electron chi connectivity index (χ0n) is 17.2. The number of hydrogen-bond donors (Lipinski definition) is 0. The summed E-state index contributed by atoms with van der Waals surface area (Å²) in [4.78, 5) is 23.8. The van der Waals surface area contributed by atoms with E-state index >= 15 is 0 Å². The molecule has 0 amide bonds. The SMILES string of the molecule is COC(=O)c1ccc2nc(C3=CC=C4C(C)=NN=C4C3)c(N(C)C(C)C)nc2c1. The number of methoxy groups -OCH3 is 1. The Kier molecular flexibility index (Phi) is 4.74. The van der Waals surface area contributed by atoms with E-state index in [1.807, 2.05) is 20.0 Å². The first-order chi connectivity index (χ1) is 13.9. The van der Waals surface area contributed by atoms with E-state index in [0.717, 1.165) is 39.6 Å². The molecule has 0 bridgehead atoms. The fourth-order valence-electron chi connectivity index (χ4n) is 3.38. The summed E-state index contributed by atoms with van der Waals surface area (Å²) in [5, 5.41) is 8.50. The number of anilines is 1. The van der Waals surface area contributed by atoms with E-state index in [1.54, 1.807) is 12.1 Å². The molecule has 1 aliphatic carbocycles. The molecule has 2 heterocycles. The van der Waals surface area contributed by atoms with E-state index in [2.05, 4.69) is 41.1 Å². The number of esters is 1. The van der Waals surface area contributed by atoms with Gasteiger partial charge in [-0.05, 0) is 44.5 Å². The maximum atomic E-state index is 11.9. The van der Waals surface area contributed by atoms with E-state index in [4.69, 9.17) is 14.7 Å². The van der Waals surface area contributed by atoms with Crippen LogP contribution in [0.3, 0.4) is 0 Å². The van der Waals surface area contributed by atoms with Crippen LogP contribution in [-0.4, -0.2) is 47.6 Å². The molecule has 0 N–H and O–H groups in total. The van der Waals surface area contributed by atoms with Gasteiger partial charge in [-0.1, -0.05) is 12.2 Å². The zero-order valence-corrected chi connectivity index (χ0v) is 17.2. The molecule has 0 saturated heterocycles. The van der Waals surface area contributed by atoms with Gasteiger partial charge in [0.15, 0.2) is 5.82 Å². The molecule has 2 aromatic rings. The quantitative estimate of drug-likeness (QED) is 0.743. The van der Waals surface area contributed by atoms with Gasteiger partial charge in [-0.15, -0.1) is 0 Å². The van der Waals surface area contributed by atoms with E-state index in [-0.39, 0.29) is 12.0 Å². The zero-order chi connectivity index (χ0) is 20.7. The van der Waals surface area contributed by atoms with Crippen molar-refractivity contribution in [3.05, 3.63) is 47.2 Å². The number of aromatic nitrogens is 2. The third-order valence-electron chi connectivity index (χ3n) is 5.31. The molecule has 0 radical (unpaired) electrons. The lowest BCUT2D eigenvalue weighted by molar-refractivity contribution is 0.0601. The van der Waals surface area contributed by atoms with Gasteiger partial charge in [-0.3, -0.25) is 0 Å². The Bertz CT molecular complexity index is 1140. The van der Waals surface area contributed by atoms with Gasteiger partial charge < -0.3 is 9.64 Å². The summed E-state index contributed by atoms with van der Waals surface area (Å²) < 4.78 is 4.83. The number of rotatable bonds is 4. The Labute approximate surface area is 169 Å². The van der Waals surface area contributed by atoms with Crippen molar-refractivity contribution in [1.29, 1.82) is 0 Å². The molecule has 7 nitrogen and oxygen atoms in total. The third kappa shape index (κ3) is 3.33. The van der Waals surface area contributed by atoms with Crippen molar-refractivity contribution in [2.75, 3.05) is 19.1 Å². The molecule has 7 heteroatoms. The highest BCUT2D eigenvalue weighted by Gasteiger charge is 2.25. The van der Waals surface area contributed by atoms with Crippen LogP contribution in [0.4, 0.5) is 5.82 Å². The number of benzene rings is 1. The summed E-state index contributed by atoms with van der Waals surface area (Å²) >= 11 is 0. The predicted molar refractivity (Wildman–Crippen MR) is 116 cm³/mol. The number of hydrogen-bond acceptors (Lipinski definition) is 7. The van der Waals surface area contributed by atoms with Crippen molar-refractivity contribution in [2.24, 2.45) is 10.2 Å². The van der Waals surface area contributed by atoms with E-state index in [0.29, 0.717) is 17.5 Å². The first-order valence-corrected chi connectivity index (χ1v) is 9.55. The van der Waals surface area contributed by atoms with E-state index in [9.17, 15) is 4.79 Å². The highest BCUT2D eigenvalue weighted by atomic mass is 16.5. The van der Waals surface area contributed by atoms with Crippen molar-refractivity contribution in [3.8, 4) is 0 Å². The highest BCUT2D eigenvalue weighted by Crippen LogP contribution is 2.33. The smallest absolute Gasteiger partial charge is 0.337 e. The van der Waals surface area contributed by atoms with E-state index < -0.39 is 0 Å². The monoisotopic (exact) mass is 389 g/mol. The number of ether oxygens (including phenoxy) is 1. The van der Waals surface area contributed by atoms with Crippen LogP contribution in [0, 0.1) is 0 Å². The highest BCUT2D eigenvalue weighted by molar-refractivity contribution is 6.29. The molecule has 29 heavy (non-hydrogen) atoms. The number of carbonyl (C=O) groups is 1. The van der Waals surface area contributed by atoms with Crippen molar-refractivity contribution in [3.63, 3.8) is 0 Å². The standard InChI is InChI=1S/C22H23N5O2/c1-12(2)27(4)21-20(14-6-8-16-13(3)25-26-18(16)10-14)23-17-9-7-15(22(28)29-5)11-19(17)24-21/h6-9,11-12H,10H2,1-5H3. The van der Waals surface area contributed by atoms with Gasteiger partial charge in [0.05, 0.1) is 35.1 Å². The summed E-state index contributed by atoms with van der Waals surface area (Å²) in [7, 11) is 3.37. The van der Waals surface area contributed by atoms with Crippen LogP contribution in [0.15, 0.2) is 46.1 Å². The van der Waals surface area contributed by atoms with Crippen LogP contribution in [0.5, 0.6) is 0 Å². The fraction of sp³-hybridized carbons (Fsp3) is 0.318. The second-order valence-corrected chi connectivity index (χ2v) is 7.48. The molecule has 0 atom stereocenters. The molecule has 0 unspecified atom stereocenters. The minimum absolute atomic E-state index is 0.231. The van der Waals surface area contributed by atoms with Gasteiger partial charge in [0.1, 0.15) is 5.69 Å². The maximum Gasteiger partial charge on any atom is 0.337 e. The van der Waals surface area contributed by atoms with Crippen molar-refractivity contribution >= 4 is 39.8 Å². The Morgan fingerprint density at radius 3 is 2.66 bits per heavy atom. The normalized spacial score (nSPS) is 15.5. The van der Waals surface area contributed by atoms with Crippen LogP contribution >= 0.6 is 0 Å². The summed E-state index contributed by atoms with van der Waals surface area (Å²) in [6, 6.07) is 5.47. The second-order valence-electron chi connectivity index (χ2n) is 7.48. The molecule has 148 valence electrons. The molecular weight excluding hydrogens is 366 g/mol. The number of nitrogens with zero attached hydrogens (tertiary/aromatic N) is 5. The molecule has 0 spiro atoms.